The summed E-state index contributed by atoms with van der Waals surface area (Å²) in [6, 6.07) is 0. The highest BCUT2D eigenvalue weighted by Crippen LogP contribution is 2.38. The van der Waals surface area contributed by atoms with Gasteiger partial charge in [-0.1, -0.05) is 119 Å². The van der Waals surface area contributed by atoms with Gasteiger partial charge in [0, 0.05) is 31.1 Å². The molecular formula is C48H80NO11P. The van der Waals surface area contributed by atoms with Gasteiger partial charge >= 0.3 is 11.9 Å². The second-order valence-electron chi connectivity index (χ2n) is 16.8. The van der Waals surface area contributed by atoms with Crippen LogP contribution in [0.5, 0.6) is 0 Å². The van der Waals surface area contributed by atoms with E-state index in [2.05, 4.69) is 50.3 Å². The Hall–Kier alpha value is -2.96. The lowest BCUT2D eigenvalue weighted by Gasteiger charge is -2.28. The maximum absolute atomic E-state index is 12.7. The van der Waals surface area contributed by atoms with E-state index in [-0.39, 0.29) is 44.2 Å². The average Bonchev–Trinajstić information content (AvgIpc) is 3.47. The lowest BCUT2D eigenvalue weighted by Crippen LogP contribution is -2.37. The third-order valence-corrected chi connectivity index (χ3v) is 11.0. The highest BCUT2D eigenvalue weighted by Gasteiger charge is 2.39. The highest BCUT2D eigenvalue weighted by atomic mass is 31.2. The Morgan fingerprint density at radius 2 is 1.34 bits per heavy atom. The molecule has 0 amide bonds. The summed E-state index contributed by atoms with van der Waals surface area (Å²) in [6.07, 6.45) is 35.9. The summed E-state index contributed by atoms with van der Waals surface area (Å²) < 4.78 is 33.8. The number of phosphoric ester groups is 1. The Morgan fingerprint density at radius 3 is 1.95 bits per heavy atom. The van der Waals surface area contributed by atoms with Crippen molar-refractivity contribution in [3.63, 3.8) is 0 Å². The molecule has 0 aliphatic heterocycles. The van der Waals surface area contributed by atoms with Crippen molar-refractivity contribution in [2.45, 2.75) is 154 Å². The van der Waals surface area contributed by atoms with Crippen LogP contribution >= 0.6 is 7.82 Å². The van der Waals surface area contributed by atoms with Crippen LogP contribution in [0.4, 0.5) is 0 Å². The number of carbonyl (C=O) groups is 3. The van der Waals surface area contributed by atoms with E-state index in [4.69, 9.17) is 18.5 Å². The van der Waals surface area contributed by atoms with Gasteiger partial charge in [0.05, 0.1) is 40.0 Å². The second-order valence-corrected chi connectivity index (χ2v) is 18.3. The molecule has 13 heteroatoms. The lowest BCUT2D eigenvalue weighted by molar-refractivity contribution is -0.870. The van der Waals surface area contributed by atoms with Crippen LogP contribution in [0.15, 0.2) is 72.9 Å². The molecule has 6 atom stereocenters. The molecule has 0 heterocycles. The third-order valence-electron chi connectivity index (χ3n) is 10.1. The maximum Gasteiger partial charge on any atom is 0.306 e. The molecule has 1 unspecified atom stereocenters. The van der Waals surface area contributed by atoms with E-state index in [1.807, 2.05) is 45.4 Å². The van der Waals surface area contributed by atoms with Gasteiger partial charge in [0.2, 0.25) is 0 Å². The number of nitrogens with zero attached hydrogens (tertiary/aromatic N) is 1. The number of Topliss-reactive ketones (excluding diaryl/α,β-unsaturated/α-hetero) is 1. The number of carbonyl (C=O) groups excluding carboxylic acids is 3. The Kier molecular flexibility index (Phi) is 31.7. The summed E-state index contributed by atoms with van der Waals surface area (Å²) in [5.74, 6) is -1.86. The van der Waals surface area contributed by atoms with Crippen LogP contribution < -0.4 is 4.89 Å². The van der Waals surface area contributed by atoms with Crippen molar-refractivity contribution in [3.05, 3.63) is 72.9 Å². The molecule has 1 rings (SSSR count). The summed E-state index contributed by atoms with van der Waals surface area (Å²) in [5, 5.41) is 20.7. The second kappa shape index (κ2) is 34.5. The fourth-order valence-electron chi connectivity index (χ4n) is 6.39. The summed E-state index contributed by atoms with van der Waals surface area (Å²) in [6.45, 7) is 3.70. The van der Waals surface area contributed by atoms with Crippen molar-refractivity contribution in [2.75, 3.05) is 47.5 Å². The van der Waals surface area contributed by atoms with Crippen molar-refractivity contribution in [3.8, 4) is 0 Å². The number of allylic oxidation sites excluding steroid dienone is 11. The number of phosphoric acid groups is 1. The van der Waals surface area contributed by atoms with Gasteiger partial charge in [-0.25, -0.2) is 0 Å². The first kappa shape index (κ1) is 56.1. The number of aliphatic hydroxyl groups is 2. The van der Waals surface area contributed by atoms with Gasteiger partial charge in [-0.15, -0.1) is 0 Å². The fraction of sp³-hybridized carbons (Fsp3) is 0.688. The molecule has 1 aliphatic carbocycles. The molecule has 0 radical (unpaired) electrons. The molecule has 61 heavy (non-hydrogen) atoms. The Bertz CT molecular complexity index is 1430. The number of aliphatic hydroxyl groups excluding tert-OH is 2. The van der Waals surface area contributed by atoms with E-state index in [9.17, 15) is 34.1 Å². The average molecular weight is 878 g/mol. The number of quaternary nitrogens is 1. The number of ether oxygens (including phenoxy) is 2. The Morgan fingerprint density at radius 1 is 0.787 bits per heavy atom. The van der Waals surface area contributed by atoms with Gasteiger partial charge in [0.25, 0.3) is 7.82 Å². The van der Waals surface area contributed by atoms with Crippen molar-refractivity contribution in [1.82, 2.24) is 0 Å². The predicted octanol–water partition coefficient (Wildman–Crippen LogP) is 8.98. The zero-order valence-corrected chi connectivity index (χ0v) is 38.9. The Labute approximate surface area is 368 Å². The minimum atomic E-state index is -4.71. The number of likely N-dealkylation sites (N-methyl/N-ethyl adjacent to an activating group) is 1. The van der Waals surface area contributed by atoms with Crippen molar-refractivity contribution in [1.29, 1.82) is 0 Å². The van der Waals surface area contributed by atoms with Crippen LogP contribution in [0.3, 0.4) is 0 Å². The molecule has 1 saturated carbocycles. The smallest absolute Gasteiger partial charge is 0.306 e. The zero-order chi connectivity index (χ0) is 45.2. The van der Waals surface area contributed by atoms with Crippen LogP contribution in [-0.2, 0) is 37.5 Å². The van der Waals surface area contributed by atoms with E-state index in [0.717, 1.165) is 44.9 Å². The van der Waals surface area contributed by atoms with Crippen molar-refractivity contribution >= 4 is 25.5 Å². The molecule has 1 fully saturated rings. The molecule has 0 aromatic heterocycles. The number of ketones is 1. The number of unbranched alkanes of at least 4 members (excludes halogenated alkanes) is 7. The molecule has 0 spiro atoms. The number of hydrogen-bond acceptors (Lipinski definition) is 11. The normalized spacial score (nSPS) is 19.7. The van der Waals surface area contributed by atoms with Gasteiger partial charge in [-0.2, -0.15) is 0 Å². The molecule has 0 aromatic carbocycles. The quantitative estimate of drug-likeness (QED) is 0.0203. The van der Waals surface area contributed by atoms with E-state index in [0.29, 0.717) is 49.6 Å². The maximum atomic E-state index is 12.7. The first-order valence-corrected chi connectivity index (χ1v) is 24.2. The molecule has 348 valence electrons. The molecule has 0 saturated heterocycles. The van der Waals surface area contributed by atoms with E-state index < -0.39 is 50.6 Å². The lowest BCUT2D eigenvalue weighted by atomic mass is 9.90. The summed E-state index contributed by atoms with van der Waals surface area (Å²) in [4.78, 5) is 50.2. The molecule has 0 bridgehead atoms. The van der Waals surface area contributed by atoms with Gasteiger partial charge in [0.15, 0.2) is 6.10 Å². The first-order chi connectivity index (χ1) is 29.2. The summed E-state index contributed by atoms with van der Waals surface area (Å²) in [7, 11) is 0.973. The topological polar surface area (TPSA) is 169 Å². The van der Waals surface area contributed by atoms with Crippen molar-refractivity contribution < 1.29 is 57.1 Å². The molecule has 1 aliphatic rings. The summed E-state index contributed by atoms with van der Waals surface area (Å²) in [5.41, 5.74) is 0. The number of rotatable bonds is 36. The van der Waals surface area contributed by atoms with Crippen LogP contribution in [0.25, 0.3) is 0 Å². The predicted molar refractivity (Wildman–Crippen MR) is 241 cm³/mol. The molecule has 2 N–H and O–H groups in total. The highest BCUT2D eigenvalue weighted by molar-refractivity contribution is 7.45. The van der Waals surface area contributed by atoms with Crippen molar-refractivity contribution in [2.24, 2.45) is 11.8 Å². The number of hydrogen-bond donors (Lipinski definition) is 2. The van der Waals surface area contributed by atoms with E-state index in [1.54, 1.807) is 12.2 Å². The zero-order valence-electron chi connectivity index (χ0n) is 38.0. The molecule has 12 nitrogen and oxygen atoms in total. The third kappa shape index (κ3) is 31.5. The van der Waals surface area contributed by atoms with Gasteiger partial charge in [-0.05, 0) is 70.6 Å². The Balaban J connectivity index is 2.54. The largest absolute Gasteiger partial charge is 0.756 e. The van der Waals surface area contributed by atoms with Crippen LogP contribution in [0.2, 0.25) is 0 Å². The van der Waals surface area contributed by atoms with Crippen LogP contribution in [0, 0.1) is 11.8 Å². The minimum Gasteiger partial charge on any atom is -0.756 e. The minimum absolute atomic E-state index is 0.0343. The fourth-order valence-corrected chi connectivity index (χ4v) is 7.12. The first-order valence-electron chi connectivity index (χ1n) is 22.7. The van der Waals surface area contributed by atoms with Crippen LogP contribution in [0.1, 0.15) is 136 Å². The van der Waals surface area contributed by atoms with E-state index in [1.165, 1.54) is 19.3 Å². The standard InChI is InChI=1S/C48H80NO11P/c1-6-8-10-11-12-13-14-15-16-17-18-19-20-21-22-23-29-33-48(54)60-42(40-59-61(55,56)58-37-36-49(3,4)5)39-57-47(53)32-28-25-24-27-31-43-44(46(52)38-45(43)51)35-34-41(50)30-26-9-7-2/h12-13,15-16,18-19,21-22,24,27,34-35,41-45,50-51H,6-11,14,17,20,23,25-26,28-33,36-40H2,1-5H3/b13-12-,16-15-,19-18-,22-21-,27-24-,35-34+/t41-,42+,43+,44+,45-/m0/s1. The number of esters is 2. The summed E-state index contributed by atoms with van der Waals surface area (Å²) >= 11 is 0. The van der Waals surface area contributed by atoms with Crippen LogP contribution in [-0.4, -0.2) is 98.2 Å². The monoisotopic (exact) mass is 878 g/mol. The van der Waals surface area contributed by atoms with E-state index >= 15 is 0 Å². The van der Waals surface area contributed by atoms with Gasteiger partial charge in [-0.3, -0.25) is 18.9 Å². The van der Waals surface area contributed by atoms with Gasteiger partial charge < -0.3 is 38.1 Å². The SMILES string of the molecule is CCCCC/C=C\C/C=C\C/C=C\C/C=C\CCCC(=O)O[C@H](COC(=O)CCC/C=C\C[C@H]1[C@@H](O)CC(=O)[C@@H]1/C=C/[C@@H](O)CCCCC)COP(=O)([O-])OCC[N+](C)(C)C. The molecular weight excluding hydrogens is 797 g/mol. The van der Waals surface area contributed by atoms with Gasteiger partial charge in [0.1, 0.15) is 25.5 Å². The molecule has 0 aromatic rings.